The van der Waals surface area contributed by atoms with Gasteiger partial charge < -0.3 is 5.32 Å². The van der Waals surface area contributed by atoms with Gasteiger partial charge in [-0.1, -0.05) is 0 Å². The average Bonchev–Trinajstić information content (AvgIpc) is 2.83. The van der Waals surface area contributed by atoms with Crippen molar-refractivity contribution in [2.24, 2.45) is 0 Å². The summed E-state index contributed by atoms with van der Waals surface area (Å²) >= 11 is 0. The molecule has 0 unspecified atom stereocenters. The van der Waals surface area contributed by atoms with E-state index in [1.54, 1.807) is 23.1 Å². The van der Waals surface area contributed by atoms with Crippen LogP contribution in [0.4, 0.5) is 23.2 Å². The minimum absolute atomic E-state index is 0.223. The van der Waals surface area contributed by atoms with E-state index < -0.39 is 17.6 Å². The summed E-state index contributed by atoms with van der Waals surface area (Å²) in [6.07, 6.45) is -1.34. The molecule has 0 aliphatic carbocycles. The van der Waals surface area contributed by atoms with Crippen molar-refractivity contribution in [2.45, 2.75) is 12.7 Å². The second kappa shape index (κ2) is 5.29. The Balaban J connectivity index is 2.01. The molecule has 2 aromatic rings. The summed E-state index contributed by atoms with van der Waals surface area (Å²) in [5, 5.41) is 6.75. The third kappa shape index (κ3) is 3.46. The van der Waals surface area contributed by atoms with Gasteiger partial charge in [0.05, 0.1) is 12.1 Å². The van der Waals surface area contributed by atoms with E-state index in [4.69, 9.17) is 0 Å². The van der Waals surface area contributed by atoms with Gasteiger partial charge in [0.2, 0.25) is 0 Å². The molecule has 0 fully saturated rings. The van der Waals surface area contributed by atoms with E-state index in [9.17, 15) is 17.6 Å². The van der Waals surface area contributed by atoms with Crippen LogP contribution in [-0.2, 0) is 12.7 Å². The van der Waals surface area contributed by atoms with Crippen LogP contribution in [0.15, 0.2) is 36.7 Å². The van der Waals surface area contributed by atoms with Crippen LogP contribution in [0.25, 0.3) is 0 Å². The van der Waals surface area contributed by atoms with E-state index in [2.05, 4.69) is 10.4 Å². The number of nitrogens with one attached hydrogen (secondary N) is 1. The van der Waals surface area contributed by atoms with E-state index in [-0.39, 0.29) is 5.69 Å². The van der Waals surface area contributed by atoms with Crippen LogP contribution < -0.4 is 5.32 Å². The van der Waals surface area contributed by atoms with Crippen molar-refractivity contribution in [3.8, 4) is 0 Å². The average molecular weight is 273 g/mol. The van der Waals surface area contributed by atoms with Gasteiger partial charge in [0.25, 0.3) is 0 Å². The fourth-order valence-electron chi connectivity index (χ4n) is 1.60. The van der Waals surface area contributed by atoms with Crippen LogP contribution in [0.3, 0.4) is 0 Å². The molecule has 1 N–H and O–H groups in total. The van der Waals surface area contributed by atoms with Crippen molar-refractivity contribution in [2.75, 3.05) is 11.9 Å². The zero-order valence-electron chi connectivity index (χ0n) is 9.78. The lowest BCUT2D eigenvalue weighted by Crippen LogP contribution is -2.13. The van der Waals surface area contributed by atoms with Gasteiger partial charge in [-0.05, 0) is 24.3 Å². The first-order valence-electron chi connectivity index (χ1n) is 5.55. The number of anilines is 1. The minimum Gasteiger partial charge on any atom is -0.383 e. The minimum atomic E-state index is -4.69. The lowest BCUT2D eigenvalue weighted by molar-refractivity contribution is -0.139. The third-order valence-electron chi connectivity index (χ3n) is 2.50. The van der Waals surface area contributed by atoms with Gasteiger partial charge >= 0.3 is 6.18 Å². The summed E-state index contributed by atoms with van der Waals surface area (Å²) in [5.41, 5.74) is -1.04. The molecule has 0 spiro atoms. The predicted molar refractivity (Wildman–Crippen MR) is 62.1 cm³/mol. The van der Waals surface area contributed by atoms with Gasteiger partial charge in [-0.15, -0.1) is 0 Å². The molecule has 102 valence electrons. The van der Waals surface area contributed by atoms with Crippen LogP contribution in [0, 0.1) is 5.82 Å². The Labute approximate surface area is 106 Å². The van der Waals surface area contributed by atoms with E-state index in [0.717, 1.165) is 12.1 Å². The van der Waals surface area contributed by atoms with Crippen LogP contribution in [0.1, 0.15) is 5.56 Å². The van der Waals surface area contributed by atoms with E-state index in [1.165, 1.54) is 6.07 Å². The summed E-state index contributed by atoms with van der Waals surface area (Å²) < 4.78 is 52.2. The van der Waals surface area contributed by atoms with Crippen molar-refractivity contribution in [3.63, 3.8) is 0 Å². The fraction of sp³-hybridized carbons (Fsp3) is 0.250. The van der Waals surface area contributed by atoms with Gasteiger partial charge in [0.1, 0.15) is 5.82 Å². The fourth-order valence-corrected chi connectivity index (χ4v) is 1.60. The Morgan fingerprint density at radius 3 is 2.68 bits per heavy atom. The van der Waals surface area contributed by atoms with Crippen molar-refractivity contribution >= 4 is 5.69 Å². The highest BCUT2D eigenvalue weighted by Crippen LogP contribution is 2.32. The molecule has 1 aromatic carbocycles. The van der Waals surface area contributed by atoms with Gasteiger partial charge in [-0.25, -0.2) is 4.39 Å². The van der Waals surface area contributed by atoms with Crippen molar-refractivity contribution in [1.29, 1.82) is 0 Å². The van der Waals surface area contributed by atoms with Crippen LogP contribution >= 0.6 is 0 Å². The molecule has 3 nitrogen and oxygen atoms in total. The summed E-state index contributed by atoms with van der Waals surface area (Å²) in [5.74, 6) is -1.27. The normalized spacial score (nSPS) is 11.6. The Morgan fingerprint density at radius 2 is 2.05 bits per heavy atom. The largest absolute Gasteiger partial charge is 0.419 e. The summed E-state index contributed by atoms with van der Waals surface area (Å²) in [6.45, 7) is 0.899. The van der Waals surface area contributed by atoms with Crippen molar-refractivity contribution < 1.29 is 17.6 Å². The summed E-state index contributed by atoms with van der Waals surface area (Å²) in [7, 11) is 0. The molecule has 0 amide bonds. The van der Waals surface area contributed by atoms with Crippen LogP contribution in [-0.4, -0.2) is 16.3 Å². The molecular formula is C12H11F4N3. The number of nitrogens with zero attached hydrogens (tertiary/aromatic N) is 2. The van der Waals surface area contributed by atoms with Crippen LogP contribution in [0.2, 0.25) is 0 Å². The SMILES string of the molecule is Fc1ccc(NCCn2cccn2)cc1C(F)(F)F. The maximum Gasteiger partial charge on any atom is 0.419 e. The Bertz CT molecular complexity index is 534. The lowest BCUT2D eigenvalue weighted by Gasteiger charge is -2.11. The molecule has 19 heavy (non-hydrogen) atoms. The second-order valence-electron chi connectivity index (χ2n) is 3.89. The topological polar surface area (TPSA) is 29.9 Å². The highest BCUT2D eigenvalue weighted by molar-refractivity contribution is 5.47. The molecule has 0 saturated heterocycles. The van der Waals surface area contributed by atoms with E-state index in [1.807, 2.05) is 0 Å². The predicted octanol–water partition coefficient (Wildman–Crippen LogP) is 3.15. The molecule has 1 heterocycles. The Kier molecular flexibility index (Phi) is 3.73. The maximum atomic E-state index is 13.0. The molecule has 1 aromatic heterocycles. The molecule has 0 aliphatic rings. The summed E-state index contributed by atoms with van der Waals surface area (Å²) in [4.78, 5) is 0. The molecule has 0 atom stereocenters. The first-order valence-corrected chi connectivity index (χ1v) is 5.55. The molecule has 7 heteroatoms. The van der Waals surface area contributed by atoms with Gasteiger partial charge in [-0.3, -0.25) is 4.68 Å². The monoisotopic (exact) mass is 273 g/mol. The quantitative estimate of drug-likeness (QED) is 0.867. The molecule has 2 rings (SSSR count). The lowest BCUT2D eigenvalue weighted by atomic mass is 10.2. The number of hydrogen-bond acceptors (Lipinski definition) is 2. The molecular weight excluding hydrogens is 262 g/mol. The number of benzene rings is 1. The zero-order chi connectivity index (χ0) is 13.9. The van der Waals surface area contributed by atoms with Gasteiger partial charge in [0.15, 0.2) is 0 Å². The highest BCUT2D eigenvalue weighted by atomic mass is 19.4. The third-order valence-corrected chi connectivity index (χ3v) is 2.50. The van der Waals surface area contributed by atoms with Gasteiger partial charge in [-0.2, -0.15) is 18.3 Å². The number of halogens is 4. The number of hydrogen-bond donors (Lipinski definition) is 1. The number of aromatic nitrogens is 2. The summed E-state index contributed by atoms with van der Waals surface area (Å²) in [6, 6.07) is 4.59. The Morgan fingerprint density at radius 1 is 1.26 bits per heavy atom. The van der Waals surface area contributed by atoms with Crippen molar-refractivity contribution in [1.82, 2.24) is 9.78 Å². The van der Waals surface area contributed by atoms with E-state index in [0.29, 0.717) is 13.1 Å². The van der Waals surface area contributed by atoms with Crippen molar-refractivity contribution in [3.05, 3.63) is 48.0 Å². The molecule has 0 radical (unpaired) electrons. The van der Waals surface area contributed by atoms with Crippen LogP contribution in [0.5, 0.6) is 0 Å². The Hall–Kier alpha value is -2.05. The van der Waals surface area contributed by atoms with E-state index >= 15 is 0 Å². The number of rotatable bonds is 4. The second-order valence-corrected chi connectivity index (χ2v) is 3.89. The van der Waals surface area contributed by atoms with Gasteiger partial charge in [0, 0.05) is 24.6 Å². The molecule has 0 aliphatic heterocycles. The first-order chi connectivity index (χ1) is 8.97. The zero-order valence-corrected chi connectivity index (χ0v) is 9.78. The maximum absolute atomic E-state index is 13.0. The molecule has 0 saturated carbocycles. The smallest absolute Gasteiger partial charge is 0.383 e. The standard InChI is InChI=1S/C12H11F4N3/c13-11-3-2-9(8-10(11)12(14,15)16)17-5-7-19-6-1-4-18-19/h1-4,6,8,17H,5,7H2. The first kappa shape index (κ1) is 13.4. The highest BCUT2D eigenvalue weighted by Gasteiger charge is 2.34. The number of alkyl halides is 3. The molecule has 0 bridgehead atoms.